The van der Waals surface area contributed by atoms with Crippen molar-refractivity contribution in [2.45, 2.75) is 11.1 Å². The molecule has 15 heavy (non-hydrogen) atoms. The van der Waals surface area contributed by atoms with Gasteiger partial charge in [0.25, 0.3) is 0 Å². The van der Waals surface area contributed by atoms with Gasteiger partial charge in [-0.3, -0.25) is 4.79 Å². The van der Waals surface area contributed by atoms with E-state index >= 15 is 0 Å². The number of amides is 1. The monoisotopic (exact) mass is 239 g/mol. The SMILES string of the molecule is O=C1CSC(S)N1CCc1ccccc1. The average molecular weight is 239 g/mol. The second-order valence-electron chi connectivity index (χ2n) is 3.46. The third-order valence-corrected chi connectivity index (χ3v) is 4.12. The van der Waals surface area contributed by atoms with Crippen LogP contribution in [0.3, 0.4) is 0 Å². The van der Waals surface area contributed by atoms with E-state index in [-0.39, 0.29) is 10.6 Å². The van der Waals surface area contributed by atoms with Crippen LogP contribution in [0.1, 0.15) is 5.56 Å². The van der Waals surface area contributed by atoms with Gasteiger partial charge in [0.2, 0.25) is 5.91 Å². The lowest BCUT2D eigenvalue weighted by Gasteiger charge is -2.19. The number of thiol groups is 1. The molecule has 1 heterocycles. The van der Waals surface area contributed by atoms with E-state index < -0.39 is 0 Å². The molecule has 2 rings (SSSR count). The molecular formula is C11H13NOS2. The van der Waals surface area contributed by atoms with Crippen molar-refractivity contribution in [2.24, 2.45) is 0 Å². The summed E-state index contributed by atoms with van der Waals surface area (Å²) in [5.74, 6) is 0.777. The first-order chi connectivity index (χ1) is 7.27. The summed E-state index contributed by atoms with van der Waals surface area (Å²) in [5.41, 5.74) is 1.27. The molecule has 0 bridgehead atoms. The van der Waals surface area contributed by atoms with E-state index in [1.807, 2.05) is 23.1 Å². The molecule has 0 saturated carbocycles. The Labute approximate surface area is 99.4 Å². The number of nitrogens with zero attached hydrogens (tertiary/aromatic N) is 1. The minimum Gasteiger partial charge on any atom is -0.321 e. The van der Waals surface area contributed by atoms with Gasteiger partial charge in [0.15, 0.2) is 0 Å². The van der Waals surface area contributed by atoms with Crippen LogP contribution in [0.15, 0.2) is 30.3 Å². The molecule has 4 heteroatoms. The van der Waals surface area contributed by atoms with Crippen molar-refractivity contribution >= 4 is 30.3 Å². The lowest BCUT2D eigenvalue weighted by Crippen LogP contribution is -2.31. The molecule has 0 aromatic heterocycles. The summed E-state index contributed by atoms with van der Waals surface area (Å²) >= 11 is 5.95. The summed E-state index contributed by atoms with van der Waals surface area (Å²) in [5, 5.41) is 0. The van der Waals surface area contributed by atoms with E-state index in [2.05, 4.69) is 24.8 Å². The highest BCUT2D eigenvalue weighted by molar-refractivity contribution is 8.11. The van der Waals surface area contributed by atoms with Crippen LogP contribution < -0.4 is 0 Å². The zero-order chi connectivity index (χ0) is 10.7. The van der Waals surface area contributed by atoms with Gasteiger partial charge in [0.1, 0.15) is 4.71 Å². The van der Waals surface area contributed by atoms with E-state index in [4.69, 9.17) is 0 Å². The number of carbonyl (C=O) groups excluding carboxylic acids is 1. The molecule has 1 aromatic rings. The zero-order valence-corrected chi connectivity index (χ0v) is 10.0. The third kappa shape index (κ3) is 2.69. The number of thioether (sulfide) groups is 1. The molecule has 1 fully saturated rings. The van der Waals surface area contributed by atoms with Crippen molar-refractivity contribution in [1.29, 1.82) is 0 Å². The van der Waals surface area contributed by atoms with Gasteiger partial charge in [0, 0.05) is 6.54 Å². The maximum atomic E-state index is 11.5. The van der Waals surface area contributed by atoms with Gasteiger partial charge in [0.05, 0.1) is 5.75 Å². The Kier molecular flexibility index (Phi) is 3.59. The van der Waals surface area contributed by atoms with Crippen molar-refractivity contribution < 1.29 is 4.79 Å². The first kappa shape index (κ1) is 10.9. The summed E-state index contributed by atoms with van der Waals surface area (Å²) in [6.45, 7) is 0.768. The number of benzene rings is 1. The van der Waals surface area contributed by atoms with Gasteiger partial charge < -0.3 is 4.90 Å². The summed E-state index contributed by atoms with van der Waals surface area (Å²) in [4.78, 5) is 13.3. The van der Waals surface area contributed by atoms with Gasteiger partial charge in [-0.2, -0.15) is 0 Å². The topological polar surface area (TPSA) is 20.3 Å². The second kappa shape index (κ2) is 4.94. The van der Waals surface area contributed by atoms with Gasteiger partial charge >= 0.3 is 0 Å². The molecule has 1 aliphatic heterocycles. The molecule has 1 atom stereocenters. The smallest absolute Gasteiger partial charge is 0.234 e. The number of hydrogen-bond donors (Lipinski definition) is 1. The van der Waals surface area contributed by atoms with Crippen LogP contribution in [-0.2, 0) is 11.2 Å². The maximum absolute atomic E-state index is 11.5. The molecular weight excluding hydrogens is 226 g/mol. The molecule has 1 aliphatic rings. The molecule has 80 valence electrons. The van der Waals surface area contributed by atoms with Crippen molar-refractivity contribution in [1.82, 2.24) is 4.90 Å². The van der Waals surface area contributed by atoms with E-state index in [0.717, 1.165) is 13.0 Å². The highest BCUT2D eigenvalue weighted by Gasteiger charge is 2.28. The third-order valence-electron chi connectivity index (χ3n) is 2.43. The van der Waals surface area contributed by atoms with Crippen LogP contribution >= 0.6 is 24.4 Å². The quantitative estimate of drug-likeness (QED) is 0.814. The van der Waals surface area contributed by atoms with Crippen molar-refractivity contribution in [2.75, 3.05) is 12.3 Å². The van der Waals surface area contributed by atoms with Gasteiger partial charge in [-0.25, -0.2) is 0 Å². The fourth-order valence-electron chi connectivity index (χ4n) is 1.57. The van der Waals surface area contributed by atoms with Crippen molar-refractivity contribution in [3.63, 3.8) is 0 Å². The zero-order valence-electron chi connectivity index (χ0n) is 8.30. The Morgan fingerprint density at radius 3 is 2.73 bits per heavy atom. The molecule has 1 unspecified atom stereocenters. The van der Waals surface area contributed by atoms with Crippen LogP contribution in [0.4, 0.5) is 0 Å². The minimum atomic E-state index is 0.0428. The predicted molar refractivity (Wildman–Crippen MR) is 67.1 cm³/mol. The normalized spacial score (nSPS) is 21.0. The minimum absolute atomic E-state index is 0.0428. The van der Waals surface area contributed by atoms with E-state index in [9.17, 15) is 4.79 Å². The first-order valence-corrected chi connectivity index (χ1v) is 6.47. The molecule has 1 saturated heterocycles. The van der Waals surface area contributed by atoms with E-state index in [0.29, 0.717) is 5.75 Å². The average Bonchev–Trinajstić information content (AvgIpc) is 2.58. The van der Waals surface area contributed by atoms with Crippen LogP contribution in [0.2, 0.25) is 0 Å². The van der Waals surface area contributed by atoms with E-state index in [1.54, 1.807) is 11.8 Å². The molecule has 0 aliphatic carbocycles. The molecule has 0 spiro atoms. The number of rotatable bonds is 3. The maximum Gasteiger partial charge on any atom is 0.234 e. The van der Waals surface area contributed by atoms with Crippen molar-refractivity contribution in [3.8, 4) is 0 Å². The Hall–Kier alpha value is -0.610. The highest BCUT2D eigenvalue weighted by atomic mass is 32.2. The molecule has 0 radical (unpaired) electrons. The summed E-state index contributed by atoms with van der Waals surface area (Å²) in [6, 6.07) is 10.2. The Morgan fingerprint density at radius 1 is 1.40 bits per heavy atom. The summed E-state index contributed by atoms with van der Waals surface area (Å²) < 4.78 is 0.0428. The van der Waals surface area contributed by atoms with Crippen molar-refractivity contribution in [3.05, 3.63) is 35.9 Å². The Bertz CT molecular complexity index is 342. The molecule has 1 aromatic carbocycles. The number of carbonyl (C=O) groups is 1. The van der Waals surface area contributed by atoms with Gasteiger partial charge in [-0.1, -0.05) is 30.3 Å². The van der Waals surface area contributed by atoms with Crippen LogP contribution in [-0.4, -0.2) is 27.8 Å². The standard InChI is InChI=1S/C11H13NOS2/c13-10-8-15-11(14)12(10)7-6-9-4-2-1-3-5-9/h1-5,11,14H,6-8H2. The lowest BCUT2D eigenvalue weighted by molar-refractivity contribution is -0.126. The lowest BCUT2D eigenvalue weighted by atomic mass is 10.1. The van der Waals surface area contributed by atoms with Crippen LogP contribution in [0.5, 0.6) is 0 Å². The van der Waals surface area contributed by atoms with Crippen LogP contribution in [0.25, 0.3) is 0 Å². The summed E-state index contributed by atoms with van der Waals surface area (Å²) in [6.07, 6.45) is 0.907. The largest absolute Gasteiger partial charge is 0.321 e. The molecule has 1 amide bonds. The Morgan fingerprint density at radius 2 is 2.13 bits per heavy atom. The van der Waals surface area contributed by atoms with Crippen LogP contribution in [0, 0.1) is 0 Å². The van der Waals surface area contributed by atoms with E-state index in [1.165, 1.54) is 5.56 Å². The predicted octanol–water partition coefficient (Wildman–Crippen LogP) is 2.02. The molecule has 0 N–H and O–H groups in total. The highest BCUT2D eigenvalue weighted by Crippen LogP contribution is 2.27. The number of hydrogen-bond acceptors (Lipinski definition) is 3. The second-order valence-corrected chi connectivity index (χ2v) is 5.37. The van der Waals surface area contributed by atoms with Gasteiger partial charge in [-0.15, -0.1) is 24.4 Å². The Balaban J connectivity index is 1.91. The van der Waals surface area contributed by atoms with Gasteiger partial charge in [-0.05, 0) is 12.0 Å². The fourth-order valence-corrected chi connectivity index (χ4v) is 2.90. The first-order valence-electron chi connectivity index (χ1n) is 4.90. The summed E-state index contributed by atoms with van der Waals surface area (Å²) in [7, 11) is 0. The molecule has 2 nitrogen and oxygen atoms in total. The fraction of sp³-hybridized carbons (Fsp3) is 0.364.